The van der Waals surface area contributed by atoms with E-state index in [0.29, 0.717) is 13.0 Å². The molecule has 1 aromatic carbocycles. The molecule has 7 heteroatoms. The van der Waals surface area contributed by atoms with E-state index < -0.39 is 17.6 Å². The van der Waals surface area contributed by atoms with Crippen LogP contribution in [0.1, 0.15) is 31.7 Å². The van der Waals surface area contributed by atoms with Crippen molar-refractivity contribution >= 4 is 23.2 Å². The first kappa shape index (κ1) is 17.8. The number of para-hydroxylation sites is 1. The predicted octanol–water partition coefficient (Wildman–Crippen LogP) is 4.06. The van der Waals surface area contributed by atoms with Crippen LogP contribution in [-0.4, -0.2) is 12.5 Å². The van der Waals surface area contributed by atoms with Gasteiger partial charge in [0, 0.05) is 6.42 Å². The van der Waals surface area contributed by atoms with Gasteiger partial charge in [0.05, 0.1) is 16.3 Å². The molecule has 118 valence electrons. The summed E-state index contributed by atoms with van der Waals surface area (Å²) < 4.78 is 38.6. The van der Waals surface area contributed by atoms with Crippen LogP contribution >= 0.6 is 11.6 Å². The third kappa shape index (κ3) is 5.55. The monoisotopic (exact) mass is 322 g/mol. The summed E-state index contributed by atoms with van der Waals surface area (Å²) in [6, 6.07) is 3.39. The maximum absolute atomic E-state index is 12.9. The summed E-state index contributed by atoms with van der Waals surface area (Å²) in [7, 11) is 0. The molecule has 0 saturated carbocycles. The van der Waals surface area contributed by atoms with Crippen molar-refractivity contribution in [1.29, 1.82) is 0 Å². The number of nitrogens with one attached hydrogen (secondary N) is 1. The Kier molecular flexibility index (Phi) is 6.48. The van der Waals surface area contributed by atoms with Crippen molar-refractivity contribution in [2.45, 2.75) is 32.4 Å². The molecule has 1 rings (SSSR count). The van der Waals surface area contributed by atoms with Crippen molar-refractivity contribution in [2.24, 2.45) is 11.7 Å². The van der Waals surface area contributed by atoms with E-state index in [1.807, 2.05) is 6.92 Å². The normalized spacial score (nSPS) is 13.0. The van der Waals surface area contributed by atoms with Crippen molar-refractivity contribution in [1.82, 2.24) is 0 Å². The fourth-order valence-electron chi connectivity index (χ4n) is 1.90. The largest absolute Gasteiger partial charge is 0.418 e. The number of hydrogen-bond acceptors (Lipinski definition) is 2. The average Bonchev–Trinajstić information content (AvgIpc) is 2.38. The lowest BCUT2D eigenvalue weighted by Gasteiger charge is -2.16. The maximum atomic E-state index is 12.9. The Morgan fingerprint density at radius 3 is 2.62 bits per heavy atom. The molecule has 3 N–H and O–H groups in total. The van der Waals surface area contributed by atoms with E-state index in [9.17, 15) is 18.0 Å². The summed E-state index contributed by atoms with van der Waals surface area (Å²) in [4.78, 5) is 11.8. The van der Waals surface area contributed by atoms with Gasteiger partial charge in [-0.3, -0.25) is 4.79 Å². The van der Waals surface area contributed by atoms with Crippen molar-refractivity contribution in [3.8, 4) is 0 Å². The lowest BCUT2D eigenvalue weighted by atomic mass is 10.0. The van der Waals surface area contributed by atoms with Crippen molar-refractivity contribution in [2.75, 3.05) is 11.9 Å². The van der Waals surface area contributed by atoms with Crippen LogP contribution in [0.15, 0.2) is 18.2 Å². The number of benzene rings is 1. The summed E-state index contributed by atoms with van der Waals surface area (Å²) in [6.45, 7) is 2.46. The number of carbonyl (C=O) groups is 1. The minimum atomic E-state index is -4.57. The van der Waals surface area contributed by atoms with Gasteiger partial charge in [-0.15, -0.1) is 0 Å². The first-order chi connectivity index (χ1) is 9.75. The zero-order valence-electron chi connectivity index (χ0n) is 11.6. The molecular weight excluding hydrogens is 305 g/mol. The van der Waals surface area contributed by atoms with Gasteiger partial charge >= 0.3 is 6.18 Å². The number of alkyl halides is 3. The Bertz CT molecular complexity index is 492. The molecule has 0 aliphatic carbocycles. The molecule has 21 heavy (non-hydrogen) atoms. The van der Waals surface area contributed by atoms with Crippen molar-refractivity contribution in [3.05, 3.63) is 28.8 Å². The second-order valence-electron chi connectivity index (χ2n) is 4.93. The van der Waals surface area contributed by atoms with Crippen molar-refractivity contribution < 1.29 is 18.0 Å². The van der Waals surface area contributed by atoms with E-state index >= 15 is 0 Å². The SMILES string of the molecule is CC(CCN)CCC(=O)Nc1c(Cl)cccc1C(F)(F)F. The Hall–Kier alpha value is -1.27. The van der Waals surface area contributed by atoms with Gasteiger partial charge in [0.1, 0.15) is 0 Å². The quantitative estimate of drug-likeness (QED) is 0.829. The molecule has 1 amide bonds. The highest BCUT2D eigenvalue weighted by Crippen LogP contribution is 2.38. The number of nitrogens with two attached hydrogens (primary N) is 1. The molecule has 1 aromatic rings. The summed E-state index contributed by atoms with van der Waals surface area (Å²) in [5, 5.41) is 2.13. The van der Waals surface area contributed by atoms with Gasteiger partial charge in [0.25, 0.3) is 0 Å². The fraction of sp³-hybridized carbons (Fsp3) is 0.500. The van der Waals surface area contributed by atoms with Crippen LogP contribution in [0.25, 0.3) is 0 Å². The van der Waals surface area contributed by atoms with Crippen LogP contribution in [0, 0.1) is 5.92 Å². The zero-order chi connectivity index (χ0) is 16.0. The van der Waals surface area contributed by atoms with E-state index in [0.717, 1.165) is 12.5 Å². The number of rotatable bonds is 6. The molecule has 0 radical (unpaired) electrons. The molecule has 0 bridgehead atoms. The predicted molar refractivity (Wildman–Crippen MR) is 77.2 cm³/mol. The molecule has 0 aliphatic rings. The van der Waals surface area contributed by atoms with E-state index in [1.165, 1.54) is 12.1 Å². The number of amides is 1. The zero-order valence-corrected chi connectivity index (χ0v) is 12.4. The molecule has 1 atom stereocenters. The Morgan fingerprint density at radius 1 is 1.38 bits per heavy atom. The van der Waals surface area contributed by atoms with Gasteiger partial charge in [-0.2, -0.15) is 13.2 Å². The molecule has 0 spiro atoms. The van der Waals surface area contributed by atoms with E-state index in [4.69, 9.17) is 17.3 Å². The molecular formula is C14H18ClF3N2O. The summed E-state index contributed by atoms with van der Waals surface area (Å²) >= 11 is 5.76. The Labute approximate surface area is 126 Å². The number of anilines is 1. The Morgan fingerprint density at radius 2 is 2.05 bits per heavy atom. The standard InChI is InChI=1S/C14H18ClF3N2O/c1-9(7-8-19)5-6-12(21)20-13-10(14(16,17)18)3-2-4-11(13)15/h2-4,9H,5-8,19H2,1H3,(H,20,21). The molecule has 0 aliphatic heterocycles. The lowest BCUT2D eigenvalue weighted by molar-refractivity contribution is -0.137. The topological polar surface area (TPSA) is 55.1 Å². The molecule has 0 fully saturated rings. The minimum absolute atomic E-state index is 0.129. The molecule has 0 heterocycles. The van der Waals surface area contributed by atoms with Gasteiger partial charge in [-0.1, -0.05) is 24.6 Å². The van der Waals surface area contributed by atoms with Gasteiger partial charge in [0.15, 0.2) is 0 Å². The number of hydrogen-bond donors (Lipinski definition) is 2. The van der Waals surface area contributed by atoms with Crippen LogP contribution in [0.5, 0.6) is 0 Å². The van der Waals surface area contributed by atoms with E-state index in [1.54, 1.807) is 0 Å². The molecule has 1 unspecified atom stereocenters. The number of carbonyl (C=O) groups excluding carboxylic acids is 1. The second kappa shape index (κ2) is 7.66. The molecule has 0 saturated heterocycles. The van der Waals surface area contributed by atoms with Crippen molar-refractivity contribution in [3.63, 3.8) is 0 Å². The van der Waals surface area contributed by atoms with Crippen LogP contribution in [-0.2, 0) is 11.0 Å². The Balaban J connectivity index is 2.76. The second-order valence-corrected chi connectivity index (χ2v) is 5.34. The molecule has 0 aromatic heterocycles. The minimum Gasteiger partial charge on any atom is -0.330 e. The first-order valence-corrected chi connectivity index (χ1v) is 6.99. The van der Waals surface area contributed by atoms with Crippen LogP contribution < -0.4 is 11.1 Å². The highest BCUT2D eigenvalue weighted by atomic mass is 35.5. The smallest absolute Gasteiger partial charge is 0.330 e. The van der Waals surface area contributed by atoms with Crippen LogP contribution in [0.3, 0.4) is 0 Å². The van der Waals surface area contributed by atoms with Gasteiger partial charge < -0.3 is 11.1 Å². The first-order valence-electron chi connectivity index (χ1n) is 6.61. The average molecular weight is 323 g/mol. The summed E-state index contributed by atoms with van der Waals surface area (Å²) in [5.41, 5.74) is 4.07. The summed E-state index contributed by atoms with van der Waals surface area (Å²) in [5.74, 6) is -0.244. The van der Waals surface area contributed by atoms with E-state index in [-0.39, 0.29) is 23.0 Å². The highest BCUT2D eigenvalue weighted by molar-refractivity contribution is 6.34. The summed E-state index contributed by atoms with van der Waals surface area (Å²) in [6.07, 6.45) is -3.11. The number of halogens is 4. The lowest BCUT2D eigenvalue weighted by Crippen LogP contribution is -2.18. The maximum Gasteiger partial charge on any atom is 0.418 e. The third-order valence-electron chi connectivity index (χ3n) is 3.11. The molecule has 3 nitrogen and oxygen atoms in total. The van der Waals surface area contributed by atoms with Crippen LogP contribution in [0.2, 0.25) is 5.02 Å². The fourth-order valence-corrected chi connectivity index (χ4v) is 2.12. The van der Waals surface area contributed by atoms with Gasteiger partial charge in [-0.05, 0) is 37.4 Å². The third-order valence-corrected chi connectivity index (χ3v) is 3.42. The van der Waals surface area contributed by atoms with Gasteiger partial charge in [0.2, 0.25) is 5.91 Å². The van der Waals surface area contributed by atoms with E-state index in [2.05, 4.69) is 5.32 Å². The highest BCUT2D eigenvalue weighted by Gasteiger charge is 2.34. The van der Waals surface area contributed by atoms with Gasteiger partial charge in [-0.25, -0.2) is 0 Å². The van der Waals surface area contributed by atoms with Crippen LogP contribution in [0.4, 0.5) is 18.9 Å².